The average Bonchev–Trinajstić information content (AvgIpc) is 2.34. The smallest absolute Gasteiger partial charge is 0.122 e. The zero-order valence-electron chi connectivity index (χ0n) is 10.8. The zero-order chi connectivity index (χ0) is 13.5. The van der Waals surface area contributed by atoms with Crippen LogP contribution in [0.2, 0.25) is 0 Å². The summed E-state index contributed by atoms with van der Waals surface area (Å²) in [5.41, 5.74) is 1.64. The number of aliphatic hydroxyl groups excluding tert-OH is 1. The van der Waals surface area contributed by atoms with Crippen molar-refractivity contribution in [1.82, 2.24) is 0 Å². The molecule has 0 aliphatic carbocycles. The van der Waals surface area contributed by atoms with Gasteiger partial charge in [-0.05, 0) is 49.4 Å². The van der Waals surface area contributed by atoms with Crippen LogP contribution < -0.4 is 9.84 Å². The molecule has 0 spiro atoms. The molecular formula is C14H19O4-. The molecule has 4 heteroatoms. The first-order valence-corrected chi connectivity index (χ1v) is 6.15. The number of aliphatic hydroxyl groups is 1. The Kier molecular flexibility index (Phi) is 5.65. The Labute approximate surface area is 107 Å². The summed E-state index contributed by atoms with van der Waals surface area (Å²) in [6, 6.07) is 5.39. The molecule has 0 heterocycles. The van der Waals surface area contributed by atoms with Gasteiger partial charge in [-0.25, -0.2) is 0 Å². The first-order chi connectivity index (χ1) is 8.54. The van der Waals surface area contributed by atoms with E-state index in [9.17, 15) is 15.0 Å². The molecule has 0 amide bonds. The fourth-order valence-corrected chi connectivity index (χ4v) is 1.68. The second-order valence-corrected chi connectivity index (χ2v) is 4.30. The van der Waals surface area contributed by atoms with Crippen LogP contribution in [0.3, 0.4) is 0 Å². The van der Waals surface area contributed by atoms with Crippen molar-refractivity contribution in [1.29, 1.82) is 0 Å². The Morgan fingerprint density at radius 1 is 1.50 bits per heavy atom. The fraction of sp³-hybridized carbons (Fsp3) is 0.500. The molecule has 100 valence electrons. The SMILES string of the molecule is CCCOc1ccc([C@@H](O)CCC(=O)[O-])cc1C. The molecule has 0 aromatic heterocycles. The Morgan fingerprint density at radius 2 is 2.22 bits per heavy atom. The number of rotatable bonds is 7. The predicted octanol–water partition coefficient (Wildman–Crippen LogP) is 1.35. The van der Waals surface area contributed by atoms with Gasteiger partial charge in [-0.15, -0.1) is 0 Å². The van der Waals surface area contributed by atoms with Crippen molar-refractivity contribution in [2.45, 2.75) is 39.2 Å². The fourth-order valence-electron chi connectivity index (χ4n) is 1.68. The van der Waals surface area contributed by atoms with Crippen LogP contribution in [0.4, 0.5) is 0 Å². The van der Waals surface area contributed by atoms with E-state index in [1.807, 2.05) is 26.0 Å². The highest BCUT2D eigenvalue weighted by atomic mass is 16.5. The summed E-state index contributed by atoms with van der Waals surface area (Å²) in [5, 5.41) is 20.2. The summed E-state index contributed by atoms with van der Waals surface area (Å²) in [7, 11) is 0. The molecule has 1 N–H and O–H groups in total. The Bertz CT molecular complexity index is 401. The summed E-state index contributed by atoms with van der Waals surface area (Å²) in [5.74, 6) is -0.346. The molecule has 0 unspecified atom stereocenters. The van der Waals surface area contributed by atoms with Crippen LogP contribution in [0.15, 0.2) is 18.2 Å². The van der Waals surface area contributed by atoms with Crippen LogP contribution in [0, 0.1) is 6.92 Å². The maximum Gasteiger partial charge on any atom is 0.122 e. The van der Waals surface area contributed by atoms with Crippen molar-refractivity contribution < 1.29 is 19.7 Å². The van der Waals surface area contributed by atoms with Gasteiger partial charge in [0.2, 0.25) is 0 Å². The minimum Gasteiger partial charge on any atom is -0.550 e. The van der Waals surface area contributed by atoms with Crippen LogP contribution >= 0.6 is 0 Å². The topological polar surface area (TPSA) is 69.6 Å². The molecule has 1 aromatic rings. The highest BCUT2D eigenvalue weighted by molar-refractivity contribution is 5.64. The minimum atomic E-state index is -1.14. The van der Waals surface area contributed by atoms with Gasteiger partial charge < -0.3 is 19.7 Å². The van der Waals surface area contributed by atoms with Crippen molar-refractivity contribution in [2.24, 2.45) is 0 Å². The lowest BCUT2D eigenvalue weighted by atomic mass is 10.0. The van der Waals surface area contributed by atoms with E-state index in [1.165, 1.54) is 0 Å². The zero-order valence-corrected chi connectivity index (χ0v) is 10.8. The monoisotopic (exact) mass is 251 g/mol. The van der Waals surface area contributed by atoms with Crippen LogP contribution in [-0.2, 0) is 4.79 Å². The molecule has 1 aromatic carbocycles. The molecule has 18 heavy (non-hydrogen) atoms. The number of aryl methyl sites for hydroxylation is 1. The standard InChI is InChI=1S/C14H20O4/c1-3-8-18-13-6-4-11(9-10(13)2)12(15)5-7-14(16)17/h4,6,9,12,15H,3,5,7-8H2,1-2H3,(H,16,17)/p-1/t12-/m0/s1. The molecule has 0 bridgehead atoms. The quantitative estimate of drug-likeness (QED) is 0.794. The molecule has 0 aliphatic heterocycles. The highest BCUT2D eigenvalue weighted by Gasteiger charge is 2.09. The largest absolute Gasteiger partial charge is 0.550 e. The number of aliphatic carboxylic acids is 1. The third-order valence-electron chi connectivity index (χ3n) is 2.67. The van der Waals surface area contributed by atoms with Gasteiger partial charge in [0, 0.05) is 5.97 Å². The van der Waals surface area contributed by atoms with Gasteiger partial charge in [0.05, 0.1) is 12.7 Å². The molecule has 0 saturated carbocycles. The number of benzene rings is 1. The average molecular weight is 251 g/mol. The predicted molar refractivity (Wildman–Crippen MR) is 66.2 cm³/mol. The summed E-state index contributed by atoms with van der Waals surface area (Å²) in [6.07, 6.45) is 0.183. The van der Waals surface area contributed by atoms with Crippen LogP contribution in [0.25, 0.3) is 0 Å². The Balaban J connectivity index is 2.67. The third-order valence-corrected chi connectivity index (χ3v) is 2.67. The molecule has 0 radical (unpaired) electrons. The van der Waals surface area contributed by atoms with E-state index in [4.69, 9.17) is 4.74 Å². The molecule has 1 atom stereocenters. The normalized spacial score (nSPS) is 12.2. The van der Waals surface area contributed by atoms with E-state index in [0.717, 1.165) is 17.7 Å². The number of carbonyl (C=O) groups is 1. The number of carbonyl (C=O) groups excluding carboxylic acids is 1. The van der Waals surface area contributed by atoms with Crippen molar-refractivity contribution in [3.05, 3.63) is 29.3 Å². The van der Waals surface area contributed by atoms with E-state index < -0.39 is 12.1 Å². The minimum absolute atomic E-state index is 0.145. The molecule has 0 fully saturated rings. The van der Waals surface area contributed by atoms with Crippen LogP contribution in [0.1, 0.15) is 43.4 Å². The van der Waals surface area contributed by atoms with E-state index >= 15 is 0 Å². The number of ether oxygens (including phenoxy) is 1. The van der Waals surface area contributed by atoms with Gasteiger partial charge in [-0.2, -0.15) is 0 Å². The maximum absolute atomic E-state index is 10.3. The van der Waals surface area contributed by atoms with E-state index in [1.54, 1.807) is 6.07 Å². The lowest BCUT2D eigenvalue weighted by Gasteiger charge is -2.14. The lowest BCUT2D eigenvalue weighted by molar-refractivity contribution is -0.306. The first-order valence-electron chi connectivity index (χ1n) is 6.15. The van der Waals surface area contributed by atoms with Gasteiger partial charge in [0.1, 0.15) is 5.75 Å². The number of hydrogen-bond acceptors (Lipinski definition) is 4. The molecule has 0 saturated heterocycles. The van der Waals surface area contributed by atoms with E-state index in [0.29, 0.717) is 12.2 Å². The lowest BCUT2D eigenvalue weighted by Crippen LogP contribution is -2.22. The summed E-state index contributed by atoms with van der Waals surface area (Å²) >= 11 is 0. The first kappa shape index (κ1) is 14.5. The summed E-state index contributed by atoms with van der Waals surface area (Å²) < 4.78 is 5.53. The highest BCUT2D eigenvalue weighted by Crippen LogP contribution is 2.25. The van der Waals surface area contributed by atoms with Gasteiger partial charge in [-0.1, -0.05) is 13.0 Å². The number of carboxylic acid groups (broad SMARTS) is 1. The number of carboxylic acids is 1. The van der Waals surface area contributed by atoms with Gasteiger partial charge >= 0.3 is 0 Å². The molecule has 1 rings (SSSR count). The second-order valence-electron chi connectivity index (χ2n) is 4.30. The molecule has 4 nitrogen and oxygen atoms in total. The number of hydrogen-bond donors (Lipinski definition) is 1. The third kappa shape index (κ3) is 4.37. The van der Waals surface area contributed by atoms with Crippen molar-refractivity contribution in [2.75, 3.05) is 6.61 Å². The van der Waals surface area contributed by atoms with Crippen molar-refractivity contribution >= 4 is 5.97 Å². The van der Waals surface area contributed by atoms with Crippen molar-refractivity contribution in [3.63, 3.8) is 0 Å². The Morgan fingerprint density at radius 3 is 2.78 bits per heavy atom. The van der Waals surface area contributed by atoms with Gasteiger partial charge in [0.15, 0.2) is 0 Å². The molecular weight excluding hydrogens is 232 g/mol. The summed E-state index contributed by atoms with van der Waals surface area (Å²) in [4.78, 5) is 10.3. The van der Waals surface area contributed by atoms with E-state index in [2.05, 4.69) is 0 Å². The van der Waals surface area contributed by atoms with Crippen LogP contribution in [-0.4, -0.2) is 17.7 Å². The molecule has 0 aliphatic rings. The van der Waals surface area contributed by atoms with Gasteiger partial charge in [0.25, 0.3) is 0 Å². The second kappa shape index (κ2) is 7.01. The summed E-state index contributed by atoms with van der Waals surface area (Å²) in [6.45, 7) is 4.60. The van der Waals surface area contributed by atoms with Crippen molar-refractivity contribution in [3.8, 4) is 5.75 Å². The van der Waals surface area contributed by atoms with Crippen LogP contribution in [0.5, 0.6) is 5.75 Å². The maximum atomic E-state index is 10.3. The Hall–Kier alpha value is -1.55. The van der Waals surface area contributed by atoms with E-state index in [-0.39, 0.29) is 12.8 Å². The van der Waals surface area contributed by atoms with Gasteiger partial charge in [-0.3, -0.25) is 0 Å².